The van der Waals surface area contributed by atoms with E-state index in [-0.39, 0.29) is 31.4 Å². The van der Waals surface area contributed by atoms with E-state index in [4.69, 9.17) is 11.6 Å². The van der Waals surface area contributed by atoms with Crippen molar-refractivity contribution in [1.82, 2.24) is 14.5 Å². The van der Waals surface area contributed by atoms with Crippen molar-refractivity contribution in [3.8, 4) is 0 Å². The SMILES string of the molecule is CS(=O)(=O)N1CCN(C(=O)CNC(=O)C=Cc2cccc(Cl)c2)CC1. The minimum Gasteiger partial charge on any atom is -0.343 e. The van der Waals surface area contributed by atoms with E-state index in [1.165, 1.54) is 10.4 Å². The Kier molecular flexibility index (Phi) is 6.57. The molecule has 1 aliphatic rings. The molecular formula is C16H20ClN3O4S. The van der Waals surface area contributed by atoms with E-state index in [1.807, 2.05) is 6.07 Å². The molecule has 2 amide bonds. The number of piperazine rings is 1. The van der Waals surface area contributed by atoms with Crippen molar-refractivity contribution >= 4 is 39.5 Å². The lowest BCUT2D eigenvalue weighted by molar-refractivity contribution is -0.133. The number of carbonyl (C=O) groups excluding carboxylic acids is 2. The molecule has 1 N–H and O–H groups in total. The predicted octanol–water partition coefficient (Wildman–Crippen LogP) is 0.573. The van der Waals surface area contributed by atoms with Gasteiger partial charge in [-0.2, -0.15) is 4.31 Å². The van der Waals surface area contributed by atoms with E-state index in [9.17, 15) is 18.0 Å². The number of amides is 2. The zero-order valence-electron chi connectivity index (χ0n) is 13.8. The van der Waals surface area contributed by atoms with E-state index in [2.05, 4.69) is 5.32 Å². The fourth-order valence-electron chi connectivity index (χ4n) is 2.38. The van der Waals surface area contributed by atoms with Crippen LogP contribution in [0.4, 0.5) is 0 Å². The molecule has 0 radical (unpaired) electrons. The zero-order valence-corrected chi connectivity index (χ0v) is 15.4. The van der Waals surface area contributed by atoms with Crippen LogP contribution < -0.4 is 5.32 Å². The molecule has 0 saturated carbocycles. The van der Waals surface area contributed by atoms with Crippen molar-refractivity contribution in [3.05, 3.63) is 40.9 Å². The molecule has 0 aliphatic carbocycles. The summed E-state index contributed by atoms with van der Waals surface area (Å²) < 4.78 is 24.2. The summed E-state index contributed by atoms with van der Waals surface area (Å²) in [5, 5.41) is 3.10. The van der Waals surface area contributed by atoms with Crippen molar-refractivity contribution in [2.45, 2.75) is 0 Å². The zero-order chi connectivity index (χ0) is 18.4. The highest BCUT2D eigenvalue weighted by atomic mass is 35.5. The third kappa shape index (κ3) is 6.15. The molecule has 25 heavy (non-hydrogen) atoms. The highest BCUT2D eigenvalue weighted by Gasteiger charge is 2.25. The summed E-state index contributed by atoms with van der Waals surface area (Å²) in [6.07, 6.45) is 4.09. The first-order chi connectivity index (χ1) is 11.8. The number of hydrogen-bond acceptors (Lipinski definition) is 4. The number of hydrogen-bond donors (Lipinski definition) is 1. The molecule has 136 valence electrons. The average molecular weight is 386 g/mol. The lowest BCUT2D eigenvalue weighted by atomic mass is 10.2. The molecule has 0 unspecified atom stereocenters. The number of sulfonamides is 1. The van der Waals surface area contributed by atoms with Crippen LogP contribution in [-0.4, -0.2) is 68.4 Å². The van der Waals surface area contributed by atoms with Gasteiger partial charge in [-0.3, -0.25) is 9.59 Å². The summed E-state index contributed by atoms with van der Waals surface area (Å²) in [6.45, 7) is 1.05. The molecule has 7 nitrogen and oxygen atoms in total. The van der Waals surface area contributed by atoms with E-state index in [0.29, 0.717) is 18.1 Å². The van der Waals surface area contributed by atoms with Gasteiger partial charge in [0.1, 0.15) is 0 Å². The van der Waals surface area contributed by atoms with E-state index in [1.54, 1.807) is 29.2 Å². The summed E-state index contributed by atoms with van der Waals surface area (Å²) in [4.78, 5) is 25.4. The second kappa shape index (κ2) is 8.46. The third-order valence-corrected chi connectivity index (χ3v) is 5.29. The molecule has 2 rings (SSSR count). The molecule has 1 heterocycles. The maximum atomic E-state index is 12.1. The van der Waals surface area contributed by atoms with Gasteiger partial charge >= 0.3 is 0 Å². The third-order valence-electron chi connectivity index (χ3n) is 3.75. The van der Waals surface area contributed by atoms with Crippen molar-refractivity contribution in [3.63, 3.8) is 0 Å². The Morgan fingerprint density at radius 3 is 2.52 bits per heavy atom. The first-order valence-corrected chi connectivity index (χ1v) is 9.93. The van der Waals surface area contributed by atoms with Crippen molar-refractivity contribution in [1.29, 1.82) is 0 Å². The largest absolute Gasteiger partial charge is 0.343 e. The van der Waals surface area contributed by atoms with Gasteiger partial charge in [0.05, 0.1) is 12.8 Å². The van der Waals surface area contributed by atoms with Gasteiger partial charge in [-0.1, -0.05) is 23.7 Å². The van der Waals surface area contributed by atoms with Crippen LogP contribution in [0.2, 0.25) is 5.02 Å². The van der Waals surface area contributed by atoms with Gasteiger partial charge in [0, 0.05) is 37.3 Å². The summed E-state index contributed by atoms with van der Waals surface area (Å²) in [5.41, 5.74) is 0.783. The van der Waals surface area contributed by atoms with Crippen LogP contribution in [0.1, 0.15) is 5.56 Å². The Labute approximate surface area is 152 Å². The van der Waals surface area contributed by atoms with Gasteiger partial charge in [0.15, 0.2) is 0 Å². The van der Waals surface area contributed by atoms with Gasteiger partial charge in [-0.25, -0.2) is 8.42 Å². The Morgan fingerprint density at radius 1 is 1.24 bits per heavy atom. The molecule has 0 atom stereocenters. The predicted molar refractivity (Wildman–Crippen MR) is 96.5 cm³/mol. The molecule has 1 saturated heterocycles. The summed E-state index contributed by atoms with van der Waals surface area (Å²) in [5.74, 6) is -0.624. The topological polar surface area (TPSA) is 86.8 Å². The van der Waals surface area contributed by atoms with Gasteiger partial charge in [-0.05, 0) is 23.8 Å². The van der Waals surface area contributed by atoms with Crippen LogP contribution in [-0.2, 0) is 19.6 Å². The van der Waals surface area contributed by atoms with Crippen LogP contribution in [0, 0.1) is 0 Å². The molecule has 1 fully saturated rings. The Morgan fingerprint density at radius 2 is 1.92 bits per heavy atom. The van der Waals surface area contributed by atoms with Gasteiger partial charge < -0.3 is 10.2 Å². The number of nitrogens with one attached hydrogen (secondary N) is 1. The first kappa shape index (κ1) is 19.4. The molecule has 0 aromatic heterocycles. The monoisotopic (exact) mass is 385 g/mol. The lowest BCUT2D eigenvalue weighted by Crippen LogP contribution is -2.52. The maximum Gasteiger partial charge on any atom is 0.244 e. The Balaban J connectivity index is 1.77. The van der Waals surface area contributed by atoms with Gasteiger partial charge in [0.2, 0.25) is 21.8 Å². The van der Waals surface area contributed by atoms with Crippen LogP contribution >= 0.6 is 11.6 Å². The second-order valence-corrected chi connectivity index (χ2v) is 8.07. The van der Waals surface area contributed by atoms with Crippen molar-refractivity contribution in [2.75, 3.05) is 39.0 Å². The number of nitrogens with zero attached hydrogens (tertiary/aromatic N) is 2. The molecule has 1 aromatic rings. The lowest BCUT2D eigenvalue weighted by Gasteiger charge is -2.33. The minimum absolute atomic E-state index is 0.127. The van der Waals surface area contributed by atoms with Crippen LogP contribution in [0.15, 0.2) is 30.3 Å². The van der Waals surface area contributed by atoms with Crippen LogP contribution in [0.25, 0.3) is 6.08 Å². The normalized spacial score (nSPS) is 16.2. The number of halogens is 1. The quantitative estimate of drug-likeness (QED) is 0.751. The maximum absolute atomic E-state index is 12.1. The highest BCUT2D eigenvalue weighted by Crippen LogP contribution is 2.11. The number of benzene rings is 1. The number of carbonyl (C=O) groups is 2. The average Bonchev–Trinajstić information content (AvgIpc) is 2.57. The van der Waals surface area contributed by atoms with E-state index >= 15 is 0 Å². The molecule has 0 spiro atoms. The minimum atomic E-state index is -3.23. The molecular weight excluding hydrogens is 366 g/mol. The standard InChI is InChI=1S/C16H20ClN3O4S/c1-25(23,24)20-9-7-19(8-10-20)16(22)12-18-15(21)6-5-13-3-2-4-14(17)11-13/h2-6,11H,7-10,12H2,1H3,(H,18,21). The second-order valence-electron chi connectivity index (χ2n) is 5.65. The molecule has 9 heteroatoms. The van der Waals surface area contributed by atoms with Crippen molar-refractivity contribution < 1.29 is 18.0 Å². The van der Waals surface area contributed by atoms with Crippen LogP contribution in [0.5, 0.6) is 0 Å². The Hall–Kier alpha value is -1.90. The first-order valence-electron chi connectivity index (χ1n) is 7.70. The summed E-state index contributed by atoms with van der Waals surface area (Å²) in [7, 11) is -3.23. The van der Waals surface area contributed by atoms with Crippen molar-refractivity contribution in [2.24, 2.45) is 0 Å². The van der Waals surface area contributed by atoms with E-state index in [0.717, 1.165) is 11.8 Å². The van der Waals surface area contributed by atoms with Gasteiger partial charge in [0.25, 0.3) is 0 Å². The molecule has 0 bridgehead atoms. The van der Waals surface area contributed by atoms with Gasteiger partial charge in [-0.15, -0.1) is 0 Å². The van der Waals surface area contributed by atoms with Crippen LogP contribution in [0.3, 0.4) is 0 Å². The fraction of sp³-hybridized carbons (Fsp3) is 0.375. The molecule has 1 aliphatic heterocycles. The summed E-state index contributed by atoms with van der Waals surface area (Å²) in [6, 6.07) is 7.04. The number of rotatable bonds is 5. The molecule has 1 aromatic carbocycles. The summed E-state index contributed by atoms with van der Waals surface area (Å²) >= 11 is 5.86. The smallest absolute Gasteiger partial charge is 0.244 e. The highest BCUT2D eigenvalue weighted by molar-refractivity contribution is 7.88. The fourth-order valence-corrected chi connectivity index (χ4v) is 3.41. The van der Waals surface area contributed by atoms with E-state index < -0.39 is 10.0 Å². The Bertz CT molecular complexity index is 771.